The molecule has 0 saturated heterocycles. The fourth-order valence-corrected chi connectivity index (χ4v) is 10.2. The molecular formula is C49H35N3OP+. The van der Waals surface area contributed by atoms with Crippen LogP contribution in [0.15, 0.2) is 188 Å². The number of hydrogen-bond donors (Lipinski definition) is 1. The third-order valence-corrected chi connectivity index (χ3v) is 13.3. The minimum atomic E-state index is -2.35. The fourth-order valence-electron chi connectivity index (χ4n) is 7.84. The summed E-state index contributed by atoms with van der Waals surface area (Å²) in [7, 11) is -2.35. The van der Waals surface area contributed by atoms with Crippen LogP contribution in [0.1, 0.15) is 0 Å². The molecule has 2 aromatic heterocycles. The molecule has 0 bridgehead atoms. The van der Waals surface area contributed by atoms with Crippen molar-refractivity contribution < 1.29 is 4.89 Å². The zero-order valence-corrected chi connectivity index (χ0v) is 30.5. The Labute approximate surface area is 315 Å². The minimum Gasteiger partial charge on any atom is -0.241 e. The van der Waals surface area contributed by atoms with Crippen molar-refractivity contribution in [2.75, 3.05) is 6.66 Å². The highest BCUT2D eigenvalue weighted by Gasteiger charge is 2.46. The highest BCUT2D eigenvalue weighted by Crippen LogP contribution is 2.57. The maximum absolute atomic E-state index is 11.5. The summed E-state index contributed by atoms with van der Waals surface area (Å²) in [6, 6.07) is 63.8. The Morgan fingerprint density at radius 3 is 1.54 bits per heavy atom. The maximum atomic E-state index is 11.5. The normalized spacial score (nSPS) is 14.6. The third-order valence-electron chi connectivity index (χ3n) is 10.6. The van der Waals surface area contributed by atoms with Crippen molar-refractivity contribution in [3.63, 3.8) is 0 Å². The van der Waals surface area contributed by atoms with Crippen LogP contribution in [0.4, 0.5) is 0 Å². The van der Waals surface area contributed by atoms with Crippen LogP contribution in [0.2, 0.25) is 0 Å². The number of pyridine rings is 1. The molecule has 256 valence electrons. The summed E-state index contributed by atoms with van der Waals surface area (Å²) in [5, 5.41) is 7.16. The molecule has 0 aliphatic carbocycles. The van der Waals surface area contributed by atoms with E-state index in [1.807, 2.05) is 29.4 Å². The monoisotopic (exact) mass is 712 g/mol. The summed E-state index contributed by atoms with van der Waals surface area (Å²) in [6.45, 7) is 2.00. The van der Waals surface area contributed by atoms with Gasteiger partial charge in [-0.1, -0.05) is 140 Å². The highest BCUT2D eigenvalue weighted by molar-refractivity contribution is 7.85. The van der Waals surface area contributed by atoms with E-state index in [4.69, 9.17) is 10.1 Å². The van der Waals surface area contributed by atoms with Gasteiger partial charge in [-0.15, -0.1) is 5.10 Å². The number of rotatable bonds is 6. The van der Waals surface area contributed by atoms with Crippen LogP contribution in [0, 0.1) is 0 Å². The zero-order valence-electron chi connectivity index (χ0n) is 29.6. The van der Waals surface area contributed by atoms with Gasteiger partial charge in [-0.25, -0.2) is 14.4 Å². The first-order valence-corrected chi connectivity index (χ1v) is 20.4. The van der Waals surface area contributed by atoms with Gasteiger partial charge in [0.05, 0.1) is 6.66 Å². The number of fused-ring (bicyclic) bond motifs is 4. The molecular weight excluding hydrogens is 678 g/mol. The first-order chi connectivity index (χ1) is 26.5. The van der Waals surface area contributed by atoms with Crippen LogP contribution in [-0.2, 0) is 0 Å². The summed E-state index contributed by atoms with van der Waals surface area (Å²) in [5.74, 6) is 0.684. The highest BCUT2D eigenvalue weighted by atomic mass is 31.2. The standard InChI is InChI=1S/C49H35N3OP/c1-54(53)46-24-9-8-23-43(46)45-30-40(25-26-47(45)54)38-20-11-18-36(28-38)35-17-10-19-37(27-35)39-21-12-22-41(29-39)48-50-49-44(34-15-6-3-7-16-34)31-42(32-52(49)51-48)33-13-4-2-5-14-33/h2-32,53H,1H3/q+1. The summed E-state index contributed by atoms with van der Waals surface area (Å²) in [5.41, 5.74) is 15.2. The summed E-state index contributed by atoms with van der Waals surface area (Å²) < 4.78 is 1.92. The summed E-state index contributed by atoms with van der Waals surface area (Å²) >= 11 is 0. The van der Waals surface area contributed by atoms with E-state index in [2.05, 4.69) is 170 Å². The number of nitrogens with zero attached hydrogens (tertiary/aromatic N) is 3. The summed E-state index contributed by atoms with van der Waals surface area (Å²) in [6.07, 6.45) is 2.07. The third kappa shape index (κ3) is 5.56. The lowest BCUT2D eigenvalue weighted by Gasteiger charge is -2.11. The molecule has 1 aliphatic rings. The molecule has 0 radical (unpaired) electrons. The van der Waals surface area contributed by atoms with Crippen LogP contribution in [0.3, 0.4) is 0 Å². The smallest absolute Gasteiger partial charge is 0.204 e. The Balaban J connectivity index is 0.994. The number of hydrogen-bond acceptors (Lipinski definition) is 3. The molecule has 4 nitrogen and oxygen atoms in total. The van der Waals surface area contributed by atoms with Gasteiger partial charge in [0, 0.05) is 34.0 Å². The fraction of sp³-hybridized carbons (Fsp3) is 0.0204. The first-order valence-electron chi connectivity index (χ1n) is 18.2. The van der Waals surface area contributed by atoms with Gasteiger partial charge in [-0.2, -0.15) is 0 Å². The molecule has 0 amide bonds. The van der Waals surface area contributed by atoms with Gasteiger partial charge in [0.1, 0.15) is 10.6 Å². The molecule has 9 aromatic rings. The maximum Gasteiger partial charge on any atom is 0.204 e. The Kier molecular flexibility index (Phi) is 7.69. The van der Waals surface area contributed by atoms with Gasteiger partial charge in [0.25, 0.3) is 0 Å². The van der Waals surface area contributed by atoms with E-state index in [1.165, 1.54) is 0 Å². The van der Waals surface area contributed by atoms with Crippen LogP contribution in [0.25, 0.3) is 83.8 Å². The van der Waals surface area contributed by atoms with Crippen molar-refractivity contribution in [3.05, 3.63) is 188 Å². The topological polar surface area (TPSA) is 50.4 Å². The van der Waals surface area contributed by atoms with E-state index in [-0.39, 0.29) is 0 Å². The second kappa shape index (κ2) is 12.9. The van der Waals surface area contributed by atoms with Gasteiger partial charge in [-0.3, -0.25) is 0 Å². The lowest BCUT2D eigenvalue weighted by molar-refractivity contribution is 0.630. The summed E-state index contributed by atoms with van der Waals surface area (Å²) in [4.78, 5) is 16.6. The Morgan fingerprint density at radius 1 is 0.407 bits per heavy atom. The van der Waals surface area contributed by atoms with E-state index < -0.39 is 7.49 Å². The lowest BCUT2D eigenvalue weighted by Crippen LogP contribution is -2.14. The predicted molar refractivity (Wildman–Crippen MR) is 225 cm³/mol. The Morgan fingerprint density at radius 2 is 0.889 bits per heavy atom. The zero-order chi connectivity index (χ0) is 36.2. The second-order valence-corrected chi connectivity index (χ2v) is 16.9. The van der Waals surface area contributed by atoms with E-state index in [1.54, 1.807) is 0 Å². The minimum absolute atomic E-state index is 0.684. The molecule has 1 atom stereocenters. The van der Waals surface area contributed by atoms with Crippen LogP contribution < -0.4 is 10.6 Å². The van der Waals surface area contributed by atoms with E-state index in [0.29, 0.717) is 5.82 Å². The van der Waals surface area contributed by atoms with Crippen molar-refractivity contribution in [1.82, 2.24) is 14.6 Å². The van der Waals surface area contributed by atoms with Gasteiger partial charge in [-0.05, 0) is 87.0 Å². The van der Waals surface area contributed by atoms with Crippen molar-refractivity contribution in [1.29, 1.82) is 0 Å². The SMILES string of the molecule is C[P+]1(O)c2ccccc2-c2cc(-c3cccc(-c4cccc(-c5cccc(-c6nc7c(-c8ccccc8)cc(-c8ccccc8)cn7n6)c5)c4)c3)ccc21. The average Bonchev–Trinajstić information content (AvgIpc) is 3.77. The molecule has 7 aromatic carbocycles. The van der Waals surface area contributed by atoms with Crippen molar-refractivity contribution in [2.24, 2.45) is 0 Å². The predicted octanol–water partition coefficient (Wildman–Crippen LogP) is 11.2. The molecule has 5 heteroatoms. The lowest BCUT2D eigenvalue weighted by atomic mass is 9.94. The molecule has 1 N–H and O–H groups in total. The molecule has 10 rings (SSSR count). The van der Waals surface area contributed by atoms with E-state index >= 15 is 0 Å². The van der Waals surface area contributed by atoms with Crippen molar-refractivity contribution in [2.45, 2.75) is 0 Å². The van der Waals surface area contributed by atoms with Crippen molar-refractivity contribution >= 4 is 23.7 Å². The van der Waals surface area contributed by atoms with E-state index in [9.17, 15) is 4.89 Å². The number of benzene rings is 7. The quantitative estimate of drug-likeness (QED) is 0.175. The second-order valence-electron chi connectivity index (χ2n) is 14.0. The van der Waals surface area contributed by atoms with Crippen LogP contribution >= 0.6 is 7.49 Å². The largest absolute Gasteiger partial charge is 0.241 e. The van der Waals surface area contributed by atoms with Gasteiger partial charge >= 0.3 is 0 Å². The Hall–Kier alpha value is -6.45. The molecule has 0 fully saturated rings. The Bertz CT molecular complexity index is 2860. The average molecular weight is 713 g/mol. The van der Waals surface area contributed by atoms with Gasteiger partial charge in [0.2, 0.25) is 7.49 Å². The van der Waals surface area contributed by atoms with Crippen molar-refractivity contribution in [3.8, 4) is 78.1 Å². The molecule has 0 saturated carbocycles. The van der Waals surface area contributed by atoms with Gasteiger partial charge in [0.15, 0.2) is 11.5 Å². The van der Waals surface area contributed by atoms with Crippen LogP contribution in [-0.4, -0.2) is 26.2 Å². The molecule has 3 heterocycles. The molecule has 54 heavy (non-hydrogen) atoms. The number of aromatic nitrogens is 3. The molecule has 1 unspecified atom stereocenters. The molecule has 0 spiro atoms. The molecule has 1 aliphatic heterocycles. The van der Waals surface area contributed by atoms with Crippen LogP contribution in [0.5, 0.6) is 0 Å². The van der Waals surface area contributed by atoms with E-state index in [0.717, 1.165) is 88.6 Å². The first kappa shape index (κ1) is 32.2. The van der Waals surface area contributed by atoms with Gasteiger partial charge < -0.3 is 0 Å².